The van der Waals surface area contributed by atoms with E-state index in [9.17, 15) is 15.3 Å². The molecule has 0 aromatic carbocycles. The molecular formula is C12H17N3O3S. The van der Waals surface area contributed by atoms with Crippen LogP contribution in [0.1, 0.15) is 5.69 Å². The third kappa shape index (κ3) is 3.02. The van der Waals surface area contributed by atoms with E-state index in [1.54, 1.807) is 6.20 Å². The minimum Gasteiger partial charge on any atom is -0.394 e. The highest BCUT2D eigenvalue weighted by Crippen LogP contribution is 2.15. The second-order valence-corrected chi connectivity index (χ2v) is 5.17. The molecule has 4 N–H and O–H groups in total. The van der Waals surface area contributed by atoms with Gasteiger partial charge in [0.1, 0.15) is 0 Å². The molecule has 6 nitrogen and oxygen atoms in total. The van der Waals surface area contributed by atoms with Gasteiger partial charge in [0.2, 0.25) is 0 Å². The van der Waals surface area contributed by atoms with Crippen molar-refractivity contribution in [2.75, 3.05) is 19.8 Å². The number of nitrogens with zero attached hydrogens (tertiary/aromatic N) is 2. The number of hydrogen-bond donors (Lipinski definition) is 4. The molecule has 2 aromatic rings. The molecule has 2 rings (SSSR count). The predicted molar refractivity (Wildman–Crippen MR) is 72.3 cm³/mol. The number of thiazole rings is 1. The van der Waals surface area contributed by atoms with E-state index in [2.05, 4.69) is 10.3 Å². The highest BCUT2D eigenvalue weighted by atomic mass is 32.1. The van der Waals surface area contributed by atoms with Crippen LogP contribution in [0.5, 0.6) is 0 Å². The molecule has 0 saturated heterocycles. The summed E-state index contributed by atoms with van der Waals surface area (Å²) < 4.78 is 1.93. The van der Waals surface area contributed by atoms with Gasteiger partial charge in [0, 0.05) is 30.0 Å². The van der Waals surface area contributed by atoms with E-state index in [1.165, 1.54) is 11.3 Å². The van der Waals surface area contributed by atoms with Crippen LogP contribution in [0.3, 0.4) is 0 Å². The van der Waals surface area contributed by atoms with Gasteiger partial charge in [-0.05, 0) is 12.1 Å². The van der Waals surface area contributed by atoms with E-state index in [0.29, 0.717) is 6.54 Å². The molecular weight excluding hydrogens is 266 g/mol. The summed E-state index contributed by atoms with van der Waals surface area (Å²) in [5.74, 6) is 0. The topological polar surface area (TPSA) is 90.5 Å². The molecule has 0 spiro atoms. The monoisotopic (exact) mass is 283 g/mol. The Morgan fingerprint density at radius 3 is 2.58 bits per heavy atom. The fourth-order valence-electron chi connectivity index (χ4n) is 1.68. The third-order valence-corrected chi connectivity index (χ3v) is 3.78. The van der Waals surface area contributed by atoms with Gasteiger partial charge in [-0.3, -0.25) is 9.88 Å². The van der Waals surface area contributed by atoms with E-state index in [-0.39, 0.29) is 19.8 Å². The quantitative estimate of drug-likeness (QED) is 0.562. The zero-order valence-electron chi connectivity index (χ0n) is 10.4. The van der Waals surface area contributed by atoms with Crippen molar-refractivity contribution < 1.29 is 15.3 Å². The van der Waals surface area contributed by atoms with Crippen LogP contribution in [0.25, 0.3) is 5.13 Å². The maximum Gasteiger partial charge on any atom is 0.193 e. The summed E-state index contributed by atoms with van der Waals surface area (Å²) in [7, 11) is 0. The Hall–Kier alpha value is -1.25. The lowest BCUT2D eigenvalue weighted by Gasteiger charge is -2.28. The van der Waals surface area contributed by atoms with Gasteiger partial charge in [-0.2, -0.15) is 0 Å². The van der Waals surface area contributed by atoms with Gasteiger partial charge >= 0.3 is 0 Å². The van der Waals surface area contributed by atoms with Crippen molar-refractivity contribution >= 4 is 11.3 Å². The van der Waals surface area contributed by atoms with Crippen LogP contribution in [0.4, 0.5) is 0 Å². The molecule has 2 heterocycles. The maximum absolute atomic E-state index is 9.26. The molecule has 19 heavy (non-hydrogen) atoms. The molecule has 0 atom stereocenters. The lowest BCUT2D eigenvalue weighted by Crippen LogP contribution is -2.54. The second kappa shape index (κ2) is 6.27. The lowest BCUT2D eigenvalue weighted by atomic mass is 10.0. The summed E-state index contributed by atoms with van der Waals surface area (Å²) in [5, 5.41) is 33.5. The van der Waals surface area contributed by atoms with Crippen molar-refractivity contribution in [3.05, 3.63) is 35.6 Å². The number of nitrogens with one attached hydrogen (secondary N) is 1. The van der Waals surface area contributed by atoms with E-state index in [1.807, 2.05) is 28.3 Å². The Labute approximate surface area is 115 Å². The van der Waals surface area contributed by atoms with Gasteiger partial charge in [-0.1, -0.05) is 0 Å². The Bertz CT molecular complexity index is 486. The van der Waals surface area contributed by atoms with Crippen LogP contribution >= 0.6 is 11.3 Å². The van der Waals surface area contributed by atoms with E-state index >= 15 is 0 Å². The molecule has 0 bridgehead atoms. The van der Waals surface area contributed by atoms with E-state index in [0.717, 1.165) is 10.8 Å². The van der Waals surface area contributed by atoms with E-state index < -0.39 is 5.54 Å². The third-order valence-electron chi connectivity index (χ3n) is 3.01. The van der Waals surface area contributed by atoms with Crippen LogP contribution in [0.15, 0.2) is 29.9 Å². The van der Waals surface area contributed by atoms with Crippen LogP contribution in [0.2, 0.25) is 0 Å². The lowest BCUT2D eigenvalue weighted by molar-refractivity contribution is 0.0411. The molecule has 0 amide bonds. The van der Waals surface area contributed by atoms with E-state index in [4.69, 9.17) is 0 Å². The summed E-state index contributed by atoms with van der Waals surface area (Å²) in [5.41, 5.74) is -0.132. The van der Waals surface area contributed by atoms with Gasteiger partial charge in [-0.15, -0.1) is 11.3 Å². The first-order valence-corrected chi connectivity index (χ1v) is 6.76. The normalized spacial score (nSPS) is 11.9. The fourth-order valence-corrected chi connectivity index (χ4v) is 2.33. The second-order valence-electron chi connectivity index (χ2n) is 4.29. The number of rotatable bonds is 7. The minimum absolute atomic E-state index is 0.335. The number of hydrogen-bond acceptors (Lipinski definition) is 6. The van der Waals surface area contributed by atoms with Gasteiger partial charge in [-0.25, -0.2) is 4.98 Å². The Kier molecular flexibility index (Phi) is 4.67. The molecule has 0 saturated carbocycles. The number of aromatic nitrogens is 2. The first kappa shape index (κ1) is 14.2. The molecule has 0 fully saturated rings. The number of aliphatic hydroxyl groups excluding tert-OH is 3. The average molecular weight is 283 g/mol. The molecule has 0 radical (unpaired) electrons. The molecule has 104 valence electrons. The zero-order chi connectivity index (χ0) is 13.7. The van der Waals surface area contributed by atoms with Gasteiger partial charge in [0.05, 0.1) is 25.4 Å². The summed E-state index contributed by atoms with van der Waals surface area (Å²) in [4.78, 5) is 4.23. The summed E-state index contributed by atoms with van der Waals surface area (Å²) in [6, 6.07) is 3.82. The summed E-state index contributed by atoms with van der Waals surface area (Å²) in [6.45, 7) is -0.595. The minimum atomic E-state index is -1.07. The van der Waals surface area contributed by atoms with Crippen LogP contribution in [0, 0.1) is 0 Å². The molecule has 0 unspecified atom stereocenters. The predicted octanol–water partition coefficient (Wildman–Crippen LogP) is -0.261. The highest BCUT2D eigenvalue weighted by molar-refractivity contribution is 7.12. The smallest absolute Gasteiger partial charge is 0.193 e. The SMILES string of the molecule is OCC(CO)(CO)NCc1cccn1-c1nccs1. The molecule has 0 aliphatic carbocycles. The van der Waals surface area contributed by atoms with Crippen LogP contribution in [-0.2, 0) is 6.54 Å². The first-order chi connectivity index (χ1) is 9.24. The zero-order valence-corrected chi connectivity index (χ0v) is 11.2. The molecule has 2 aromatic heterocycles. The molecule has 0 aliphatic rings. The summed E-state index contributed by atoms with van der Waals surface area (Å²) >= 11 is 1.52. The largest absolute Gasteiger partial charge is 0.394 e. The van der Waals surface area contributed by atoms with Crippen LogP contribution < -0.4 is 5.32 Å². The average Bonchev–Trinajstić information content (AvgIpc) is 3.11. The van der Waals surface area contributed by atoms with Gasteiger partial charge in [0.25, 0.3) is 0 Å². The van der Waals surface area contributed by atoms with Gasteiger partial charge in [0.15, 0.2) is 5.13 Å². The Morgan fingerprint density at radius 1 is 1.26 bits per heavy atom. The van der Waals surface area contributed by atoms with Gasteiger partial charge < -0.3 is 15.3 Å². The Morgan fingerprint density at radius 2 is 2.00 bits per heavy atom. The van der Waals surface area contributed by atoms with Crippen molar-refractivity contribution in [2.45, 2.75) is 12.1 Å². The van der Waals surface area contributed by atoms with Crippen molar-refractivity contribution in [3.8, 4) is 5.13 Å². The standard InChI is InChI=1S/C12H17N3O3S/c16-7-12(8-17,9-18)14-6-10-2-1-4-15(10)11-13-3-5-19-11/h1-5,14,16-18H,6-9H2. The van der Waals surface area contributed by atoms with Crippen molar-refractivity contribution in [3.63, 3.8) is 0 Å². The van der Waals surface area contributed by atoms with Crippen molar-refractivity contribution in [1.29, 1.82) is 0 Å². The molecule has 0 aliphatic heterocycles. The van der Waals surface area contributed by atoms with Crippen LogP contribution in [-0.4, -0.2) is 50.2 Å². The van der Waals surface area contributed by atoms with Crippen molar-refractivity contribution in [1.82, 2.24) is 14.9 Å². The first-order valence-electron chi connectivity index (χ1n) is 5.88. The Balaban J connectivity index is 2.10. The molecule has 7 heteroatoms. The maximum atomic E-state index is 9.26. The summed E-state index contributed by atoms with van der Waals surface area (Å²) in [6.07, 6.45) is 3.63. The number of aliphatic hydroxyl groups is 3. The fraction of sp³-hybridized carbons (Fsp3) is 0.417. The van der Waals surface area contributed by atoms with Crippen molar-refractivity contribution in [2.24, 2.45) is 0 Å². The highest BCUT2D eigenvalue weighted by Gasteiger charge is 2.27.